The van der Waals surface area contributed by atoms with Crippen LogP contribution >= 0.6 is 0 Å². The van der Waals surface area contributed by atoms with Crippen molar-refractivity contribution in [3.8, 4) is 0 Å². The van der Waals surface area contributed by atoms with Gasteiger partial charge in [-0.2, -0.15) is 5.10 Å². The molecule has 2 N–H and O–H groups in total. The van der Waals surface area contributed by atoms with Crippen molar-refractivity contribution in [2.24, 2.45) is 18.9 Å². The Labute approximate surface area is 121 Å². The van der Waals surface area contributed by atoms with E-state index >= 15 is 0 Å². The van der Waals surface area contributed by atoms with Gasteiger partial charge in [0.25, 0.3) is 5.91 Å². The molecular weight excluding hydrogens is 252 g/mol. The van der Waals surface area contributed by atoms with Gasteiger partial charge < -0.3 is 10.6 Å². The molecule has 1 aliphatic rings. The largest absolute Gasteiger partial charge is 0.395 e. The molecule has 1 aromatic heterocycles. The maximum absolute atomic E-state index is 12.7. The fourth-order valence-electron chi connectivity index (χ4n) is 3.07. The highest BCUT2D eigenvalue weighted by Gasteiger charge is 2.26. The molecule has 5 heteroatoms. The number of amides is 1. The molecule has 112 valence electrons. The zero-order chi connectivity index (χ0) is 14.9. The molecule has 0 spiro atoms. The van der Waals surface area contributed by atoms with E-state index in [1.165, 1.54) is 6.42 Å². The Morgan fingerprint density at radius 3 is 2.60 bits per heavy atom. The van der Waals surface area contributed by atoms with E-state index in [1.807, 2.05) is 11.8 Å². The van der Waals surface area contributed by atoms with E-state index < -0.39 is 0 Å². The minimum absolute atomic E-state index is 0.0232. The first-order chi connectivity index (χ1) is 9.41. The first-order valence-electron chi connectivity index (χ1n) is 7.50. The fraction of sp³-hybridized carbons (Fsp3) is 0.733. The number of anilines is 1. The fourth-order valence-corrected chi connectivity index (χ4v) is 3.07. The van der Waals surface area contributed by atoms with E-state index in [1.54, 1.807) is 11.7 Å². The predicted octanol–water partition coefficient (Wildman–Crippen LogP) is 2.21. The zero-order valence-corrected chi connectivity index (χ0v) is 13.0. The van der Waals surface area contributed by atoms with Gasteiger partial charge in [0.1, 0.15) is 5.69 Å². The Hall–Kier alpha value is -1.52. The number of aromatic nitrogens is 2. The molecule has 0 bridgehead atoms. The van der Waals surface area contributed by atoms with Crippen LogP contribution in [0.3, 0.4) is 0 Å². The molecule has 1 fully saturated rings. The summed E-state index contributed by atoms with van der Waals surface area (Å²) in [6.07, 6.45) is 3.37. The van der Waals surface area contributed by atoms with Crippen molar-refractivity contribution in [3.63, 3.8) is 0 Å². The first kappa shape index (κ1) is 14.9. The second kappa shape index (κ2) is 5.85. The molecule has 0 saturated carbocycles. The van der Waals surface area contributed by atoms with Crippen molar-refractivity contribution >= 4 is 11.6 Å². The molecule has 0 aromatic carbocycles. The summed E-state index contributed by atoms with van der Waals surface area (Å²) in [6.45, 7) is 8.02. The molecule has 20 heavy (non-hydrogen) atoms. The molecule has 0 radical (unpaired) electrons. The number of aryl methyl sites for hydroxylation is 2. The summed E-state index contributed by atoms with van der Waals surface area (Å²) in [6, 6.07) is 0. The number of likely N-dealkylation sites (tertiary alicyclic amines) is 1. The van der Waals surface area contributed by atoms with Gasteiger partial charge in [-0.3, -0.25) is 9.48 Å². The van der Waals surface area contributed by atoms with Crippen molar-refractivity contribution < 1.29 is 4.79 Å². The van der Waals surface area contributed by atoms with E-state index in [-0.39, 0.29) is 5.91 Å². The first-order valence-corrected chi connectivity index (χ1v) is 7.50. The molecular formula is C15H26N4O. The average Bonchev–Trinajstić information content (AvgIpc) is 2.60. The smallest absolute Gasteiger partial charge is 0.274 e. The van der Waals surface area contributed by atoms with E-state index in [4.69, 9.17) is 5.73 Å². The molecule has 1 aliphatic heterocycles. The summed E-state index contributed by atoms with van der Waals surface area (Å²) in [4.78, 5) is 14.6. The Balaban J connectivity index is 2.13. The lowest BCUT2D eigenvalue weighted by atomic mass is 9.89. The van der Waals surface area contributed by atoms with Crippen LogP contribution in [0.25, 0.3) is 0 Å². The molecule has 5 nitrogen and oxygen atoms in total. The quantitative estimate of drug-likeness (QED) is 0.902. The number of hydrogen-bond acceptors (Lipinski definition) is 3. The summed E-state index contributed by atoms with van der Waals surface area (Å²) < 4.78 is 1.61. The Morgan fingerprint density at radius 1 is 1.35 bits per heavy atom. The Bertz CT molecular complexity index is 492. The average molecular weight is 278 g/mol. The predicted molar refractivity (Wildman–Crippen MR) is 80.4 cm³/mol. The summed E-state index contributed by atoms with van der Waals surface area (Å²) in [5.74, 6) is 1.43. The van der Waals surface area contributed by atoms with Gasteiger partial charge in [-0.05, 0) is 38.0 Å². The van der Waals surface area contributed by atoms with Crippen LogP contribution in [0.5, 0.6) is 0 Å². The van der Waals surface area contributed by atoms with Gasteiger partial charge >= 0.3 is 0 Å². The van der Waals surface area contributed by atoms with Crippen LogP contribution in [-0.4, -0.2) is 33.7 Å². The second-order valence-electron chi connectivity index (χ2n) is 6.20. The van der Waals surface area contributed by atoms with Crippen molar-refractivity contribution in [1.82, 2.24) is 14.7 Å². The molecule has 1 amide bonds. The maximum Gasteiger partial charge on any atom is 0.274 e. The summed E-state index contributed by atoms with van der Waals surface area (Å²) in [5, 5.41) is 4.24. The second-order valence-corrected chi connectivity index (χ2v) is 6.20. The summed E-state index contributed by atoms with van der Waals surface area (Å²) >= 11 is 0. The summed E-state index contributed by atoms with van der Waals surface area (Å²) in [5.41, 5.74) is 7.77. The van der Waals surface area contributed by atoms with Crippen molar-refractivity contribution in [3.05, 3.63) is 11.4 Å². The number of hydrogen-bond donors (Lipinski definition) is 1. The van der Waals surface area contributed by atoms with Crippen LogP contribution in [0.1, 0.15) is 49.3 Å². The van der Waals surface area contributed by atoms with Crippen molar-refractivity contribution in [2.75, 3.05) is 18.8 Å². The molecule has 1 atom stereocenters. The monoisotopic (exact) mass is 278 g/mol. The summed E-state index contributed by atoms with van der Waals surface area (Å²) in [7, 11) is 1.78. The lowest BCUT2D eigenvalue weighted by Crippen LogP contribution is -2.34. The van der Waals surface area contributed by atoms with Gasteiger partial charge in [0, 0.05) is 20.1 Å². The zero-order valence-electron chi connectivity index (χ0n) is 13.0. The third-order valence-corrected chi connectivity index (χ3v) is 4.47. The Morgan fingerprint density at radius 2 is 2.05 bits per heavy atom. The van der Waals surface area contributed by atoms with Gasteiger partial charge in [-0.1, -0.05) is 13.8 Å². The molecule has 1 unspecified atom stereocenters. The van der Waals surface area contributed by atoms with Crippen LogP contribution in [0, 0.1) is 18.8 Å². The molecule has 2 rings (SSSR count). The van der Waals surface area contributed by atoms with Gasteiger partial charge in [0.05, 0.1) is 11.4 Å². The van der Waals surface area contributed by atoms with Crippen molar-refractivity contribution in [2.45, 2.75) is 40.0 Å². The van der Waals surface area contributed by atoms with E-state index in [2.05, 4.69) is 18.9 Å². The number of nitrogens with two attached hydrogens (primary N) is 1. The van der Waals surface area contributed by atoms with Gasteiger partial charge in [-0.15, -0.1) is 0 Å². The number of rotatable bonds is 2. The number of nitrogen functional groups attached to an aromatic ring is 1. The van der Waals surface area contributed by atoms with E-state index in [0.717, 1.165) is 37.5 Å². The van der Waals surface area contributed by atoms with Gasteiger partial charge in [0.15, 0.2) is 0 Å². The Kier molecular flexibility index (Phi) is 4.35. The number of carbonyl (C=O) groups excluding carboxylic acids is 1. The van der Waals surface area contributed by atoms with Gasteiger partial charge in [-0.25, -0.2) is 0 Å². The topological polar surface area (TPSA) is 64.2 Å². The highest BCUT2D eigenvalue weighted by atomic mass is 16.2. The number of nitrogens with zero attached hydrogens (tertiary/aromatic N) is 3. The standard InChI is InChI=1S/C15H26N4O/c1-10(2)12-6-5-8-19(9-7-12)15(20)14-13(16)11(3)17-18(14)4/h10,12H,5-9,16H2,1-4H3. The van der Waals surface area contributed by atoms with E-state index in [0.29, 0.717) is 17.3 Å². The maximum atomic E-state index is 12.7. The lowest BCUT2D eigenvalue weighted by molar-refractivity contribution is 0.0749. The SMILES string of the molecule is Cc1nn(C)c(C(=O)N2CCCC(C(C)C)CC2)c1N. The van der Waals surface area contributed by atoms with Crippen molar-refractivity contribution in [1.29, 1.82) is 0 Å². The third kappa shape index (κ3) is 2.81. The van der Waals surface area contributed by atoms with Crippen LogP contribution in [0.4, 0.5) is 5.69 Å². The third-order valence-electron chi connectivity index (χ3n) is 4.47. The highest BCUT2D eigenvalue weighted by Crippen LogP contribution is 2.26. The normalized spacial score (nSPS) is 20.2. The number of carbonyl (C=O) groups is 1. The van der Waals surface area contributed by atoms with E-state index in [9.17, 15) is 4.79 Å². The molecule has 1 aromatic rings. The van der Waals surface area contributed by atoms with Crippen LogP contribution < -0.4 is 5.73 Å². The molecule has 2 heterocycles. The minimum Gasteiger partial charge on any atom is -0.395 e. The van der Waals surface area contributed by atoms with Crippen LogP contribution in [0.2, 0.25) is 0 Å². The van der Waals surface area contributed by atoms with Gasteiger partial charge in [0.2, 0.25) is 0 Å². The minimum atomic E-state index is 0.0232. The lowest BCUT2D eigenvalue weighted by Gasteiger charge is -2.21. The molecule has 1 saturated heterocycles. The van der Waals surface area contributed by atoms with Crippen LogP contribution in [-0.2, 0) is 7.05 Å². The van der Waals surface area contributed by atoms with Crippen LogP contribution in [0.15, 0.2) is 0 Å². The highest BCUT2D eigenvalue weighted by molar-refractivity contribution is 5.98. The molecule has 0 aliphatic carbocycles.